The van der Waals surface area contributed by atoms with Gasteiger partial charge in [0.15, 0.2) is 0 Å². The van der Waals surface area contributed by atoms with Gasteiger partial charge in [-0.05, 0) is 35.7 Å². The van der Waals surface area contributed by atoms with Crippen molar-refractivity contribution in [2.24, 2.45) is 0 Å². The van der Waals surface area contributed by atoms with E-state index in [0.29, 0.717) is 6.42 Å². The van der Waals surface area contributed by atoms with Gasteiger partial charge in [-0.2, -0.15) is 0 Å². The van der Waals surface area contributed by atoms with Crippen LogP contribution in [-0.4, -0.2) is 5.91 Å². The molecule has 126 valence electrons. The number of rotatable bonds is 5. The molecule has 0 aliphatic carbocycles. The van der Waals surface area contributed by atoms with Crippen LogP contribution in [0.15, 0.2) is 83.3 Å². The van der Waals surface area contributed by atoms with Gasteiger partial charge in [0.25, 0.3) is 0 Å². The number of halogens is 1. The van der Waals surface area contributed by atoms with E-state index >= 15 is 0 Å². The lowest BCUT2D eigenvalue weighted by Gasteiger charge is -2.20. The smallest absolute Gasteiger partial charge is 0.225 e. The third-order valence-electron chi connectivity index (χ3n) is 4.10. The molecule has 0 aliphatic heterocycles. The molecule has 3 rings (SSSR count). The largest absolute Gasteiger partial charge is 0.345 e. The SMILES string of the molecule is Cc1ccc([C@H](NC(=O)Cc2cccc(Br)c2)c2ccccc2)cc1. The summed E-state index contributed by atoms with van der Waals surface area (Å²) in [6.07, 6.45) is 0.356. The molecule has 1 atom stereocenters. The minimum atomic E-state index is -0.151. The maximum Gasteiger partial charge on any atom is 0.225 e. The maximum atomic E-state index is 12.6. The molecule has 2 nitrogen and oxygen atoms in total. The summed E-state index contributed by atoms with van der Waals surface area (Å²) >= 11 is 3.45. The summed E-state index contributed by atoms with van der Waals surface area (Å²) in [5, 5.41) is 3.18. The van der Waals surface area contributed by atoms with Crippen LogP contribution in [0.1, 0.15) is 28.3 Å². The van der Waals surface area contributed by atoms with Crippen molar-refractivity contribution in [3.8, 4) is 0 Å². The highest BCUT2D eigenvalue weighted by molar-refractivity contribution is 9.10. The average Bonchev–Trinajstić information content (AvgIpc) is 2.61. The van der Waals surface area contributed by atoms with Gasteiger partial charge in [0.05, 0.1) is 12.5 Å². The molecule has 0 unspecified atom stereocenters. The van der Waals surface area contributed by atoms with E-state index in [9.17, 15) is 4.79 Å². The Balaban J connectivity index is 1.82. The zero-order chi connectivity index (χ0) is 17.6. The second-order valence-electron chi connectivity index (χ2n) is 6.13. The highest BCUT2D eigenvalue weighted by Gasteiger charge is 2.17. The van der Waals surface area contributed by atoms with E-state index in [-0.39, 0.29) is 11.9 Å². The second kappa shape index (κ2) is 8.13. The standard InChI is InChI=1S/C22H20BrNO/c1-16-10-12-19(13-11-16)22(18-7-3-2-4-8-18)24-21(25)15-17-6-5-9-20(23)14-17/h2-14,22H,15H2,1H3,(H,24,25)/t22-/m1/s1. The molecule has 0 aromatic heterocycles. The molecule has 0 bridgehead atoms. The Kier molecular flexibility index (Phi) is 5.67. The number of carbonyl (C=O) groups is 1. The van der Waals surface area contributed by atoms with Crippen LogP contribution in [0.2, 0.25) is 0 Å². The van der Waals surface area contributed by atoms with E-state index in [1.165, 1.54) is 5.56 Å². The van der Waals surface area contributed by atoms with Crippen LogP contribution in [0.25, 0.3) is 0 Å². The predicted molar refractivity (Wildman–Crippen MR) is 105 cm³/mol. The van der Waals surface area contributed by atoms with Gasteiger partial charge in [0.2, 0.25) is 5.91 Å². The van der Waals surface area contributed by atoms with E-state index in [4.69, 9.17) is 0 Å². The van der Waals surface area contributed by atoms with Gasteiger partial charge in [0.1, 0.15) is 0 Å². The fraction of sp³-hybridized carbons (Fsp3) is 0.136. The third kappa shape index (κ3) is 4.80. The Hall–Kier alpha value is -2.39. The molecule has 3 aromatic carbocycles. The second-order valence-corrected chi connectivity index (χ2v) is 7.04. The molecule has 0 heterocycles. The summed E-state index contributed by atoms with van der Waals surface area (Å²) < 4.78 is 0.982. The predicted octanol–water partition coefficient (Wildman–Crippen LogP) is 5.21. The Morgan fingerprint density at radius 1 is 0.920 bits per heavy atom. The molecule has 25 heavy (non-hydrogen) atoms. The fourth-order valence-corrected chi connectivity index (χ4v) is 3.25. The van der Waals surface area contributed by atoms with E-state index in [1.54, 1.807) is 0 Å². The summed E-state index contributed by atoms with van der Waals surface area (Å²) in [6, 6.07) is 26.1. The van der Waals surface area contributed by atoms with Crippen molar-refractivity contribution in [3.05, 3.63) is 106 Å². The van der Waals surface area contributed by atoms with Gasteiger partial charge >= 0.3 is 0 Å². The van der Waals surface area contributed by atoms with Crippen LogP contribution in [0.5, 0.6) is 0 Å². The molecule has 3 aromatic rings. The normalized spacial score (nSPS) is 11.8. The van der Waals surface area contributed by atoms with Gasteiger partial charge in [-0.25, -0.2) is 0 Å². The molecule has 0 saturated heterocycles. The summed E-state index contributed by atoms with van der Waals surface area (Å²) in [6.45, 7) is 2.06. The number of hydrogen-bond acceptors (Lipinski definition) is 1. The molecule has 3 heteroatoms. The minimum absolute atomic E-state index is 0.00697. The van der Waals surface area contributed by atoms with Gasteiger partial charge in [-0.1, -0.05) is 88.2 Å². The quantitative estimate of drug-likeness (QED) is 0.633. The molecule has 0 radical (unpaired) electrons. The lowest BCUT2D eigenvalue weighted by atomic mass is 9.97. The van der Waals surface area contributed by atoms with Crippen LogP contribution in [0.4, 0.5) is 0 Å². The molecule has 0 saturated carbocycles. The van der Waals surface area contributed by atoms with Gasteiger partial charge in [-0.3, -0.25) is 4.79 Å². The van der Waals surface area contributed by atoms with Crippen molar-refractivity contribution in [1.29, 1.82) is 0 Å². The highest BCUT2D eigenvalue weighted by Crippen LogP contribution is 2.23. The Morgan fingerprint density at radius 2 is 1.60 bits per heavy atom. The van der Waals surface area contributed by atoms with E-state index in [2.05, 4.69) is 52.4 Å². The Labute approximate surface area is 157 Å². The van der Waals surface area contributed by atoms with Gasteiger partial charge < -0.3 is 5.32 Å². The molecule has 1 N–H and O–H groups in total. The highest BCUT2D eigenvalue weighted by atomic mass is 79.9. The van der Waals surface area contributed by atoms with Crippen molar-refractivity contribution >= 4 is 21.8 Å². The lowest BCUT2D eigenvalue weighted by molar-refractivity contribution is -0.120. The zero-order valence-corrected chi connectivity index (χ0v) is 15.7. The first-order valence-electron chi connectivity index (χ1n) is 8.27. The fourth-order valence-electron chi connectivity index (χ4n) is 2.81. The van der Waals surface area contributed by atoms with Crippen LogP contribution >= 0.6 is 15.9 Å². The lowest BCUT2D eigenvalue weighted by Crippen LogP contribution is -2.30. The summed E-state index contributed by atoms with van der Waals surface area (Å²) in [7, 11) is 0. The van der Waals surface area contributed by atoms with Crippen molar-refractivity contribution in [1.82, 2.24) is 5.32 Å². The first kappa shape index (κ1) is 17.4. The van der Waals surface area contributed by atoms with E-state index < -0.39 is 0 Å². The molecular formula is C22H20BrNO. The first-order chi connectivity index (χ1) is 12.1. The van der Waals surface area contributed by atoms with Crippen LogP contribution in [0.3, 0.4) is 0 Å². The van der Waals surface area contributed by atoms with Crippen molar-refractivity contribution in [3.63, 3.8) is 0 Å². The van der Waals surface area contributed by atoms with E-state index in [0.717, 1.165) is 21.2 Å². The number of aryl methyl sites for hydroxylation is 1. The number of carbonyl (C=O) groups excluding carboxylic acids is 1. The zero-order valence-electron chi connectivity index (χ0n) is 14.1. The maximum absolute atomic E-state index is 12.6. The molecular weight excluding hydrogens is 374 g/mol. The molecule has 0 aliphatic rings. The number of hydrogen-bond donors (Lipinski definition) is 1. The first-order valence-corrected chi connectivity index (χ1v) is 9.06. The summed E-state index contributed by atoms with van der Waals surface area (Å²) in [5.74, 6) is 0.00697. The number of benzene rings is 3. The molecule has 1 amide bonds. The Bertz CT molecular complexity index is 843. The molecule has 0 spiro atoms. The Morgan fingerprint density at radius 3 is 2.28 bits per heavy atom. The molecule has 0 fully saturated rings. The van der Waals surface area contributed by atoms with E-state index in [1.807, 2.05) is 54.6 Å². The van der Waals surface area contributed by atoms with Crippen molar-refractivity contribution in [2.45, 2.75) is 19.4 Å². The summed E-state index contributed by atoms with van der Waals surface area (Å²) in [4.78, 5) is 12.6. The van der Waals surface area contributed by atoms with Gasteiger partial charge in [-0.15, -0.1) is 0 Å². The van der Waals surface area contributed by atoms with Crippen LogP contribution in [0, 0.1) is 6.92 Å². The number of nitrogens with one attached hydrogen (secondary N) is 1. The van der Waals surface area contributed by atoms with Crippen LogP contribution in [-0.2, 0) is 11.2 Å². The minimum Gasteiger partial charge on any atom is -0.345 e. The average molecular weight is 394 g/mol. The number of amides is 1. The summed E-state index contributed by atoms with van der Waals surface area (Å²) in [5.41, 5.74) is 4.35. The van der Waals surface area contributed by atoms with Crippen molar-refractivity contribution < 1.29 is 4.79 Å². The topological polar surface area (TPSA) is 29.1 Å². The third-order valence-corrected chi connectivity index (χ3v) is 4.60. The monoisotopic (exact) mass is 393 g/mol. The van der Waals surface area contributed by atoms with Crippen molar-refractivity contribution in [2.75, 3.05) is 0 Å². The van der Waals surface area contributed by atoms with Gasteiger partial charge in [0, 0.05) is 4.47 Å². The van der Waals surface area contributed by atoms with Crippen LogP contribution < -0.4 is 5.32 Å².